The maximum Gasteiger partial charge on any atom is 0.229 e. The number of hydrogen-bond acceptors (Lipinski definition) is 6. The predicted molar refractivity (Wildman–Crippen MR) is 107 cm³/mol. The number of piperidine rings is 1. The molecule has 0 aromatic heterocycles. The molecule has 0 aromatic carbocycles. The lowest BCUT2D eigenvalue weighted by molar-refractivity contribution is -0.149. The van der Waals surface area contributed by atoms with Crippen LogP contribution in [0.1, 0.15) is 51.4 Å². The second kappa shape index (κ2) is 13.5. The van der Waals surface area contributed by atoms with Crippen LogP contribution in [0.4, 0.5) is 0 Å². The average molecular weight is 415 g/mol. The standard InChI is InChI=1S/C12H19N3O3.C5H10N2O2.CH5N/c13-9(16)3-1-4-10(17)15-6-2-5-12(8-15)7-14-11(12)18;6-4(8)2-1-3-5(7)9;1-2/h1-8H2,(H2,13,16)(H,14,18);1-3H2,(H2,6,8)(H2,7,9);2H2,1H3. The Balaban J connectivity index is 0.000000606. The average Bonchev–Trinajstić information content (AvgIpc) is 2.68. The first kappa shape index (κ1) is 26.3. The van der Waals surface area contributed by atoms with Gasteiger partial charge in [-0.05, 0) is 32.7 Å². The molecule has 2 aliphatic rings. The summed E-state index contributed by atoms with van der Waals surface area (Å²) in [5.41, 5.74) is 18.8. The molecule has 2 heterocycles. The molecule has 11 nitrogen and oxygen atoms in total. The third kappa shape index (κ3) is 9.88. The molecule has 1 unspecified atom stereocenters. The van der Waals surface area contributed by atoms with Gasteiger partial charge in [0.1, 0.15) is 0 Å². The first-order chi connectivity index (χ1) is 13.7. The molecular weight excluding hydrogens is 380 g/mol. The number of carbonyl (C=O) groups excluding carboxylic acids is 5. The first-order valence-corrected chi connectivity index (χ1v) is 9.65. The Morgan fingerprint density at radius 1 is 0.931 bits per heavy atom. The molecule has 2 aliphatic heterocycles. The number of nitrogens with zero attached hydrogens (tertiary/aromatic N) is 1. The van der Waals surface area contributed by atoms with Crippen molar-refractivity contribution >= 4 is 29.5 Å². The zero-order valence-corrected chi connectivity index (χ0v) is 17.1. The fourth-order valence-electron chi connectivity index (χ4n) is 3.09. The summed E-state index contributed by atoms with van der Waals surface area (Å²) in [5.74, 6) is -1.07. The van der Waals surface area contributed by atoms with Gasteiger partial charge in [0.25, 0.3) is 0 Å². The van der Waals surface area contributed by atoms with Gasteiger partial charge in [-0.2, -0.15) is 0 Å². The van der Waals surface area contributed by atoms with Crippen molar-refractivity contribution in [2.45, 2.75) is 51.4 Å². The topological polar surface area (TPSA) is 205 Å². The molecule has 0 radical (unpaired) electrons. The number of hydrogen-bond donors (Lipinski definition) is 5. The molecule has 2 rings (SSSR count). The number of β-lactam (4-membered cyclic amide) rings is 1. The van der Waals surface area contributed by atoms with Crippen LogP contribution in [-0.4, -0.2) is 61.1 Å². The van der Waals surface area contributed by atoms with Gasteiger partial charge in [0.15, 0.2) is 0 Å². The Kier molecular flexibility index (Phi) is 12.2. The SMILES string of the molecule is CN.NC(=O)CCCC(=O)N1CCCC2(CNC2=O)C1.NC(=O)CCCC(N)=O. The van der Waals surface area contributed by atoms with E-state index >= 15 is 0 Å². The van der Waals surface area contributed by atoms with Crippen molar-refractivity contribution < 1.29 is 24.0 Å². The van der Waals surface area contributed by atoms with Gasteiger partial charge in [0.2, 0.25) is 29.5 Å². The highest BCUT2D eigenvalue weighted by molar-refractivity contribution is 5.90. The van der Waals surface area contributed by atoms with Crippen molar-refractivity contribution in [3.05, 3.63) is 0 Å². The van der Waals surface area contributed by atoms with E-state index in [2.05, 4.69) is 11.1 Å². The molecule has 11 heteroatoms. The van der Waals surface area contributed by atoms with Crippen LogP contribution in [-0.2, 0) is 24.0 Å². The second-order valence-corrected chi connectivity index (χ2v) is 6.99. The van der Waals surface area contributed by atoms with E-state index in [9.17, 15) is 24.0 Å². The summed E-state index contributed by atoms with van der Waals surface area (Å²) >= 11 is 0. The van der Waals surface area contributed by atoms with Gasteiger partial charge >= 0.3 is 0 Å². The van der Waals surface area contributed by atoms with Crippen molar-refractivity contribution in [2.75, 3.05) is 26.7 Å². The molecule has 166 valence electrons. The van der Waals surface area contributed by atoms with Crippen LogP contribution in [0.2, 0.25) is 0 Å². The zero-order chi connectivity index (χ0) is 22.4. The highest BCUT2D eigenvalue weighted by Gasteiger charge is 2.49. The zero-order valence-electron chi connectivity index (χ0n) is 17.1. The third-order valence-electron chi connectivity index (χ3n) is 4.66. The number of primary amides is 3. The molecule has 0 saturated carbocycles. The minimum Gasteiger partial charge on any atom is -0.370 e. The molecule has 9 N–H and O–H groups in total. The maximum atomic E-state index is 12.0. The van der Waals surface area contributed by atoms with E-state index < -0.39 is 11.8 Å². The van der Waals surface area contributed by atoms with E-state index in [0.29, 0.717) is 38.9 Å². The van der Waals surface area contributed by atoms with Gasteiger partial charge < -0.3 is 33.2 Å². The fourth-order valence-corrected chi connectivity index (χ4v) is 3.09. The van der Waals surface area contributed by atoms with Crippen LogP contribution in [0, 0.1) is 5.41 Å². The van der Waals surface area contributed by atoms with Crippen LogP contribution < -0.4 is 28.3 Å². The van der Waals surface area contributed by atoms with Crippen LogP contribution in [0.25, 0.3) is 0 Å². The molecule has 1 spiro atoms. The summed E-state index contributed by atoms with van der Waals surface area (Å²) in [6.45, 7) is 1.91. The van der Waals surface area contributed by atoms with Crippen molar-refractivity contribution in [2.24, 2.45) is 28.3 Å². The van der Waals surface area contributed by atoms with Crippen LogP contribution in [0.15, 0.2) is 0 Å². The summed E-state index contributed by atoms with van der Waals surface area (Å²) in [6, 6.07) is 0. The number of rotatable bonds is 8. The highest BCUT2D eigenvalue weighted by Crippen LogP contribution is 2.34. The van der Waals surface area contributed by atoms with E-state index in [0.717, 1.165) is 12.8 Å². The first-order valence-electron chi connectivity index (χ1n) is 9.65. The summed E-state index contributed by atoms with van der Waals surface area (Å²) in [7, 11) is 1.50. The van der Waals surface area contributed by atoms with E-state index in [-0.39, 0.29) is 42.4 Å². The van der Waals surface area contributed by atoms with Crippen molar-refractivity contribution in [1.29, 1.82) is 0 Å². The fraction of sp³-hybridized carbons (Fsp3) is 0.722. The largest absolute Gasteiger partial charge is 0.370 e. The minimum absolute atomic E-state index is 0.0232. The minimum atomic E-state index is -0.392. The van der Waals surface area contributed by atoms with Crippen molar-refractivity contribution in [3.63, 3.8) is 0 Å². The summed E-state index contributed by atoms with van der Waals surface area (Å²) in [4.78, 5) is 56.0. The lowest BCUT2D eigenvalue weighted by Crippen LogP contribution is -2.65. The van der Waals surface area contributed by atoms with Crippen LogP contribution >= 0.6 is 0 Å². The monoisotopic (exact) mass is 414 g/mol. The predicted octanol–water partition coefficient (Wildman–Crippen LogP) is -1.92. The summed E-state index contributed by atoms with van der Waals surface area (Å²) in [5, 5.41) is 2.75. The van der Waals surface area contributed by atoms with Gasteiger partial charge in [-0.25, -0.2) is 0 Å². The quantitative estimate of drug-likeness (QED) is 0.286. The van der Waals surface area contributed by atoms with E-state index in [1.807, 2.05) is 0 Å². The summed E-state index contributed by atoms with van der Waals surface area (Å²) in [6.07, 6.45) is 3.74. The number of carbonyl (C=O) groups is 5. The molecule has 5 amide bonds. The molecular formula is C18H34N6O5. The molecule has 0 aromatic rings. The Morgan fingerprint density at radius 2 is 1.41 bits per heavy atom. The van der Waals surface area contributed by atoms with Gasteiger partial charge in [-0.1, -0.05) is 0 Å². The van der Waals surface area contributed by atoms with Gasteiger partial charge in [0, 0.05) is 45.3 Å². The highest BCUT2D eigenvalue weighted by atomic mass is 16.2. The van der Waals surface area contributed by atoms with E-state index in [4.69, 9.17) is 17.2 Å². The third-order valence-corrected chi connectivity index (χ3v) is 4.66. The Labute approximate surface area is 170 Å². The van der Waals surface area contributed by atoms with Gasteiger partial charge in [-0.15, -0.1) is 0 Å². The number of nitrogens with two attached hydrogens (primary N) is 4. The lowest BCUT2D eigenvalue weighted by Gasteiger charge is -2.47. The second-order valence-electron chi connectivity index (χ2n) is 6.99. The van der Waals surface area contributed by atoms with E-state index in [1.165, 1.54) is 7.05 Å². The Bertz CT molecular complexity index is 583. The van der Waals surface area contributed by atoms with Gasteiger partial charge in [-0.3, -0.25) is 24.0 Å². The molecule has 0 bridgehead atoms. The molecule has 0 aliphatic carbocycles. The van der Waals surface area contributed by atoms with Crippen molar-refractivity contribution in [1.82, 2.24) is 10.2 Å². The molecule has 2 saturated heterocycles. The van der Waals surface area contributed by atoms with Gasteiger partial charge in [0.05, 0.1) is 5.41 Å². The number of nitrogens with one attached hydrogen (secondary N) is 1. The van der Waals surface area contributed by atoms with Crippen molar-refractivity contribution in [3.8, 4) is 0 Å². The molecule has 2 fully saturated rings. The Hall–Kier alpha value is -2.69. The number of amides is 5. The van der Waals surface area contributed by atoms with Crippen LogP contribution in [0.5, 0.6) is 0 Å². The van der Waals surface area contributed by atoms with E-state index in [1.54, 1.807) is 4.90 Å². The normalized spacial score (nSPS) is 19.5. The Morgan fingerprint density at radius 3 is 1.79 bits per heavy atom. The smallest absolute Gasteiger partial charge is 0.229 e. The lowest BCUT2D eigenvalue weighted by atomic mass is 9.74. The summed E-state index contributed by atoms with van der Waals surface area (Å²) < 4.78 is 0. The maximum absolute atomic E-state index is 12.0. The number of likely N-dealkylation sites (tertiary alicyclic amines) is 1. The molecule has 1 atom stereocenters. The van der Waals surface area contributed by atoms with Crippen LogP contribution in [0.3, 0.4) is 0 Å². The molecule has 29 heavy (non-hydrogen) atoms.